The third-order valence-corrected chi connectivity index (χ3v) is 2.23. The van der Waals surface area contributed by atoms with Crippen LogP contribution in [-0.2, 0) is 0 Å². The molecule has 0 spiro atoms. The maximum Gasteiger partial charge on any atom is 0.150 e. The molecule has 0 aliphatic heterocycles. The molecular weight excluding hydrogens is 176 g/mol. The molecule has 0 atom stereocenters. The van der Waals surface area contributed by atoms with Crippen molar-refractivity contribution in [2.45, 2.75) is 0 Å². The Balaban J connectivity index is 2.68. The zero-order chi connectivity index (χ0) is 9.97. The van der Waals surface area contributed by atoms with Crippen molar-refractivity contribution in [1.82, 2.24) is 0 Å². The van der Waals surface area contributed by atoms with Crippen molar-refractivity contribution in [2.75, 3.05) is 0 Å². The highest BCUT2D eigenvalue weighted by molar-refractivity contribution is 5.90. The summed E-state index contributed by atoms with van der Waals surface area (Å²) in [6, 6.07) is 10.7. The number of hydrogen-bond donors (Lipinski definition) is 0. The molecule has 0 unspecified atom stereocenters. The van der Waals surface area contributed by atoms with Crippen LogP contribution in [0.1, 0.15) is 20.7 Å². The van der Waals surface area contributed by atoms with Crippen molar-refractivity contribution in [3.63, 3.8) is 0 Å². The molecule has 0 aromatic rings. The molecule has 68 valence electrons. The number of hydrogen-bond acceptors (Lipinski definition) is 2. The first-order chi connectivity index (χ1) is 6.85. The van der Waals surface area contributed by atoms with E-state index in [9.17, 15) is 9.59 Å². The van der Waals surface area contributed by atoms with Crippen LogP contribution in [0, 0.1) is 0 Å². The maximum absolute atomic E-state index is 10.7. The van der Waals surface area contributed by atoms with Crippen LogP contribution in [0.25, 0.3) is 11.1 Å². The average molecular weight is 184 g/mol. The summed E-state index contributed by atoms with van der Waals surface area (Å²) in [6.07, 6.45) is 1.61. The quantitative estimate of drug-likeness (QED) is 0.671. The SMILES string of the molecule is O=Cc1ccc2ccc(C=O)c-2cc1. The fraction of sp³-hybridized carbons (Fsp3) is 0. The van der Waals surface area contributed by atoms with Gasteiger partial charge in [-0.2, -0.15) is 0 Å². The van der Waals surface area contributed by atoms with E-state index in [-0.39, 0.29) is 0 Å². The number of fused-ring (bicyclic) bond motifs is 1. The molecule has 2 heteroatoms. The third kappa shape index (κ3) is 1.31. The Labute approximate surface area is 81.5 Å². The molecule has 2 nitrogen and oxygen atoms in total. The van der Waals surface area contributed by atoms with Gasteiger partial charge in [-0.3, -0.25) is 9.59 Å². The molecule has 0 N–H and O–H groups in total. The summed E-state index contributed by atoms with van der Waals surface area (Å²) in [5, 5.41) is 0. The molecule has 0 amide bonds. The Morgan fingerprint density at radius 3 is 2.21 bits per heavy atom. The van der Waals surface area contributed by atoms with Crippen LogP contribution in [0.2, 0.25) is 0 Å². The fourth-order valence-electron chi connectivity index (χ4n) is 1.47. The Morgan fingerprint density at radius 2 is 1.50 bits per heavy atom. The Kier molecular flexibility index (Phi) is 2.11. The van der Waals surface area contributed by atoms with Crippen LogP contribution in [0.15, 0.2) is 36.4 Å². The molecular formula is C12H8O2. The second kappa shape index (κ2) is 3.42. The van der Waals surface area contributed by atoms with E-state index >= 15 is 0 Å². The molecule has 0 aromatic heterocycles. The molecule has 0 heterocycles. The summed E-state index contributed by atoms with van der Waals surface area (Å²) in [4.78, 5) is 21.2. The van der Waals surface area contributed by atoms with E-state index in [0.29, 0.717) is 11.1 Å². The standard InChI is InChI=1S/C12H8O2/c13-7-9-1-3-10-4-5-11(8-14)12(10)6-2-9/h1-8H. The monoisotopic (exact) mass is 184 g/mol. The average Bonchev–Trinajstić information content (AvgIpc) is 2.50. The van der Waals surface area contributed by atoms with Crippen LogP contribution < -0.4 is 0 Å². The van der Waals surface area contributed by atoms with Gasteiger partial charge in [-0.25, -0.2) is 0 Å². The van der Waals surface area contributed by atoms with Crippen molar-refractivity contribution in [3.8, 4) is 11.1 Å². The van der Waals surface area contributed by atoms with Crippen molar-refractivity contribution in [1.29, 1.82) is 0 Å². The van der Waals surface area contributed by atoms with E-state index in [0.717, 1.165) is 23.7 Å². The minimum atomic E-state index is 0.609. The number of carbonyl (C=O) groups excluding carboxylic acids is 2. The number of carbonyl (C=O) groups is 2. The van der Waals surface area contributed by atoms with E-state index in [1.807, 2.05) is 12.1 Å². The lowest BCUT2D eigenvalue weighted by Crippen LogP contribution is -1.75. The molecule has 0 bridgehead atoms. The van der Waals surface area contributed by atoms with Gasteiger partial charge in [0, 0.05) is 11.1 Å². The summed E-state index contributed by atoms with van der Waals surface area (Å²) in [6.45, 7) is 0. The largest absolute Gasteiger partial charge is 0.298 e. The van der Waals surface area contributed by atoms with Crippen LogP contribution in [0.5, 0.6) is 0 Å². The summed E-state index contributed by atoms with van der Waals surface area (Å²) in [5.74, 6) is 0. The first-order valence-electron chi connectivity index (χ1n) is 4.28. The van der Waals surface area contributed by atoms with Gasteiger partial charge in [-0.1, -0.05) is 36.4 Å². The second-order valence-electron chi connectivity index (χ2n) is 3.06. The summed E-state index contributed by atoms with van der Waals surface area (Å²) < 4.78 is 0. The summed E-state index contributed by atoms with van der Waals surface area (Å²) in [5.41, 5.74) is 3.12. The predicted octanol–water partition coefficient (Wildman–Crippen LogP) is 2.42. The number of rotatable bonds is 2. The van der Waals surface area contributed by atoms with E-state index in [1.165, 1.54) is 0 Å². The Bertz CT molecular complexity index is 460. The normalized spacial score (nSPS) is 10.0. The zero-order valence-corrected chi connectivity index (χ0v) is 7.44. The van der Waals surface area contributed by atoms with Crippen LogP contribution in [0.3, 0.4) is 0 Å². The maximum atomic E-state index is 10.7. The second-order valence-corrected chi connectivity index (χ2v) is 3.06. The lowest BCUT2D eigenvalue weighted by atomic mass is 10.1. The van der Waals surface area contributed by atoms with Gasteiger partial charge in [-0.15, -0.1) is 0 Å². The van der Waals surface area contributed by atoms with E-state index in [4.69, 9.17) is 0 Å². The van der Waals surface area contributed by atoms with Gasteiger partial charge >= 0.3 is 0 Å². The van der Waals surface area contributed by atoms with Gasteiger partial charge in [0.2, 0.25) is 0 Å². The summed E-state index contributed by atoms with van der Waals surface area (Å²) in [7, 11) is 0. The number of aldehydes is 2. The highest BCUT2D eigenvalue weighted by Crippen LogP contribution is 2.25. The van der Waals surface area contributed by atoms with Gasteiger partial charge in [0.25, 0.3) is 0 Å². The van der Waals surface area contributed by atoms with Gasteiger partial charge in [0.05, 0.1) is 0 Å². The predicted molar refractivity (Wildman–Crippen MR) is 53.8 cm³/mol. The molecule has 0 aromatic carbocycles. The zero-order valence-electron chi connectivity index (χ0n) is 7.44. The summed E-state index contributed by atoms with van der Waals surface area (Å²) >= 11 is 0. The van der Waals surface area contributed by atoms with Crippen LogP contribution >= 0.6 is 0 Å². The van der Waals surface area contributed by atoms with Gasteiger partial charge in [0.1, 0.15) is 6.29 Å². The van der Waals surface area contributed by atoms with E-state index < -0.39 is 0 Å². The molecule has 2 rings (SSSR count). The van der Waals surface area contributed by atoms with E-state index in [1.54, 1.807) is 24.3 Å². The first-order valence-corrected chi connectivity index (χ1v) is 4.28. The van der Waals surface area contributed by atoms with E-state index in [2.05, 4.69) is 0 Å². The van der Waals surface area contributed by atoms with Crippen molar-refractivity contribution in [3.05, 3.63) is 47.5 Å². The lowest BCUT2D eigenvalue weighted by molar-refractivity contribution is 0.111. The highest BCUT2D eigenvalue weighted by Gasteiger charge is 2.06. The molecule has 0 fully saturated rings. The molecule has 2 aliphatic carbocycles. The minimum absolute atomic E-state index is 0.609. The van der Waals surface area contributed by atoms with Crippen molar-refractivity contribution >= 4 is 12.6 Å². The van der Waals surface area contributed by atoms with Gasteiger partial charge < -0.3 is 0 Å². The lowest BCUT2D eigenvalue weighted by Gasteiger charge is -1.90. The Morgan fingerprint density at radius 1 is 0.786 bits per heavy atom. The minimum Gasteiger partial charge on any atom is -0.298 e. The first kappa shape index (κ1) is 8.63. The smallest absolute Gasteiger partial charge is 0.150 e. The molecule has 0 saturated carbocycles. The Hall–Kier alpha value is -1.96. The van der Waals surface area contributed by atoms with Crippen molar-refractivity contribution < 1.29 is 9.59 Å². The van der Waals surface area contributed by atoms with Crippen LogP contribution in [-0.4, -0.2) is 12.6 Å². The van der Waals surface area contributed by atoms with Gasteiger partial charge in [-0.05, 0) is 11.1 Å². The van der Waals surface area contributed by atoms with Crippen LogP contribution in [0.4, 0.5) is 0 Å². The molecule has 0 saturated heterocycles. The topological polar surface area (TPSA) is 34.1 Å². The molecule has 0 radical (unpaired) electrons. The van der Waals surface area contributed by atoms with Crippen molar-refractivity contribution in [2.24, 2.45) is 0 Å². The third-order valence-electron chi connectivity index (χ3n) is 2.23. The molecule has 2 aliphatic rings. The fourth-order valence-corrected chi connectivity index (χ4v) is 1.47. The highest BCUT2D eigenvalue weighted by atomic mass is 16.1. The molecule has 14 heavy (non-hydrogen) atoms. The van der Waals surface area contributed by atoms with Gasteiger partial charge in [0.15, 0.2) is 6.29 Å².